The average Bonchev–Trinajstić information content (AvgIpc) is 2.55. The molecule has 0 aliphatic carbocycles. The summed E-state index contributed by atoms with van der Waals surface area (Å²) in [5.74, 6) is 2.29. The molecule has 112 valence electrons. The van der Waals surface area contributed by atoms with E-state index in [4.69, 9.17) is 14.2 Å². The van der Waals surface area contributed by atoms with Gasteiger partial charge in [-0.2, -0.15) is 0 Å². The summed E-state index contributed by atoms with van der Waals surface area (Å²) >= 11 is 0. The van der Waals surface area contributed by atoms with Gasteiger partial charge in [0.2, 0.25) is 0 Å². The van der Waals surface area contributed by atoms with Crippen molar-refractivity contribution in [3.63, 3.8) is 0 Å². The van der Waals surface area contributed by atoms with E-state index in [1.165, 1.54) is 0 Å². The minimum Gasteiger partial charge on any atom is -0.497 e. The first kappa shape index (κ1) is 15.1. The molecule has 1 heterocycles. The lowest BCUT2D eigenvalue weighted by atomic mass is 9.97. The third-order valence-corrected chi connectivity index (χ3v) is 3.38. The first-order valence-electron chi connectivity index (χ1n) is 6.62. The molecule has 0 radical (unpaired) electrons. The molecule has 0 saturated carbocycles. The Balaban J connectivity index is 2.55. The molecule has 0 bridgehead atoms. The van der Waals surface area contributed by atoms with Crippen LogP contribution >= 0.6 is 0 Å². The molecule has 1 aromatic heterocycles. The summed E-state index contributed by atoms with van der Waals surface area (Å²) in [6.45, 7) is 0. The molecule has 1 aromatic carbocycles. The fourth-order valence-corrected chi connectivity index (χ4v) is 2.34. The van der Waals surface area contributed by atoms with Crippen LogP contribution in [0.5, 0.6) is 17.2 Å². The number of hydrogen-bond donors (Lipinski definition) is 1. The van der Waals surface area contributed by atoms with E-state index in [9.17, 15) is 0 Å². The predicted octanol–water partition coefficient (Wildman–Crippen LogP) is 2.42. The number of hydrogen-bond acceptors (Lipinski definition) is 5. The number of nitrogens with one attached hydrogen (secondary N) is 1. The van der Waals surface area contributed by atoms with E-state index in [2.05, 4.69) is 10.3 Å². The number of aromatic nitrogens is 1. The smallest absolute Gasteiger partial charge is 0.142 e. The van der Waals surface area contributed by atoms with Crippen molar-refractivity contribution in [3.05, 3.63) is 47.8 Å². The van der Waals surface area contributed by atoms with Crippen molar-refractivity contribution in [2.45, 2.75) is 6.04 Å². The molecule has 0 aliphatic heterocycles. The topological polar surface area (TPSA) is 52.6 Å². The standard InChI is InChI=1S/C16H20N2O3/c1-17-16(12-7-8-18-10-15(12)21-4)13-9-11(19-2)5-6-14(13)20-3/h5-10,16-17H,1-4H3. The van der Waals surface area contributed by atoms with Crippen LogP contribution in [-0.2, 0) is 0 Å². The number of benzene rings is 1. The Morgan fingerprint density at radius 1 is 0.952 bits per heavy atom. The van der Waals surface area contributed by atoms with Gasteiger partial charge in [0.15, 0.2) is 0 Å². The second kappa shape index (κ2) is 6.95. The van der Waals surface area contributed by atoms with Gasteiger partial charge < -0.3 is 19.5 Å². The van der Waals surface area contributed by atoms with Crippen LogP contribution in [0.3, 0.4) is 0 Å². The van der Waals surface area contributed by atoms with Crippen LogP contribution < -0.4 is 19.5 Å². The molecule has 0 aliphatic rings. The van der Waals surface area contributed by atoms with Crippen LogP contribution in [0.15, 0.2) is 36.7 Å². The largest absolute Gasteiger partial charge is 0.497 e. The Bertz CT molecular complexity index is 602. The SMILES string of the molecule is CNC(c1ccncc1OC)c1cc(OC)ccc1OC. The molecule has 0 saturated heterocycles. The lowest BCUT2D eigenvalue weighted by Gasteiger charge is -2.22. The van der Waals surface area contributed by atoms with Crippen molar-refractivity contribution in [1.29, 1.82) is 0 Å². The van der Waals surface area contributed by atoms with Crippen LogP contribution in [0.1, 0.15) is 17.2 Å². The van der Waals surface area contributed by atoms with Crippen LogP contribution in [0.25, 0.3) is 0 Å². The highest BCUT2D eigenvalue weighted by Crippen LogP contribution is 2.36. The Morgan fingerprint density at radius 2 is 1.71 bits per heavy atom. The molecule has 2 aromatic rings. The fourth-order valence-electron chi connectivity index (χ4n) is 2.34. The van der Waals surface area contributed by atoms with Crippen molar-refractivity contribution in [3.8, 4) is 17.2 Å². The number of methoxy groups -OCH3 is 3. The Kier molecular flexibility index (Phi) is 5.00. The van der Waals surface area contributed by atoms with Gasteiger partial charge in [0, 0.05) is 17.3 Å². The van der Waals surface area contributed by atoms with E-state index in [-0.39, 0.29) is 6.04 Å². The van der Waals surface area contributed by atoms with Gasteiger partial charge in [-0.1, -0.05) is 0 Å². The summed E-state index contributed by atoms with van der Waals surface area (Å²) in [5.41, 5.74) is 1.96. The maximum absolute atomic E-state index is 5.47. The summed E-state index contributed by atoms with van der Waals surface area (Å²) in [4.78, 5) is 4.09. The van der Waals surface area contributed by atoms with E-state index >= 15 is 0 Å². The molecule has 21 heavy (non-hydrogen) atoms. The number of pyridine rings is 1. The zero-order valence-electron chi connectivity index (χ0n) is 12.7. The number of ether oxygens (including phenoxy) is 3. The highest BCUT2D eigenvalue weighted by atomic mass is 16.5. The van der Waals surface area contributed by atoms with Gasteiger partial charge in [-0.05, 0) is 31.3 Å². The number of nitrogens with zero attached hydrogens (tertiary/aromatic N) is 1. The van der Waals surface area contributed by atoms with Gasteiger partial charge in [0.05, 0.1) is 33.6 Å². The molecular weight excluding hydrogens is 268 g/mol. The maximum Gasteiger partial charge on any atom is 0.142 e. The summed E-state index contributed by atoms with van der Waals surface area (Å²) in [6.07, 6.45) is 3.45. The van der Waals surface area contributed by atoms with E-state index in [1.54, 1.807) is 33.7 Å². The molecule has 5 heteroatoms. The van der Waals surface area contributed by atoms with Gasteiger partial charge in [-0.25, -0.2) is 0 Å². The van der Waals surface area contributed by atoms with Crippen LogP contribution in [0, 0.1) is 0 Å². The summed E-state index contributed by atoms with van der Waals surface area (Å²) in [6, 6.07) is 7.57. The average molecular weight is 288 g/mol. The molecule has 0 amide bonds. The highest BCUT2D eigenvalue weighted by molar-refractivity contribution is 5.48. The summed E-state index contributed by atoms with van der Waals surface area (Å²) < 4.78 is 16.2. The second-order valence-electron chi connectivity index (χ2n) is 4.45. The van der Waals surface area contributed by atoms with E-state index in [1.807, 2.05) is 31.3 Å². The van der Waals surface area contributed by atoms with Gasteiger partial charge in [0.25, 0.3) is 0 Å². The summed E-state index contributed by atoms with van der Waals surface area (Å²) in [7, 11) is 6.83. The number of rotatable bonds is 6. The van der Waals surface area contributed by atoms with Crippen molar-refractivity contribution in [2.24, 2.45) is 0 Å². The van der Waals surface area contributed by atoms with Crippen LogP contribution in [0.4, 0.5) is 0 Å². The molecule has 0 fully saturated rings. The van der Waals surface area contributed by atoms with Crippen molar-refractivity contribution in [1.82, 2.24) is 10.3 Å². The van der Waals surface area contributed by atoms with E-state index < -0.39 is 0 Å². The van der Waals surface area contributed by atoms with Gasteiger partial charge >= 0.3 is 0 Å². The molecular formula is C16H20N2O3. The minimum absolute atomic E-state index is 0.0898. The Hall–Kier alpha value is -2.27. The first-order chi connectivity index (χ1) is 10.2. The van der Waals surface area contributed by atoms with E-state index in [0.29, 0.717) is 0 Å². The third kappa shape index (κ3) is 3.08. The highest BCUT2D eigenvalue weighted by Gasteiger charge is 2.20. The molecule has 2 rings (SSSR count). The normalized spacial score (nSPS) is 11.8. The monoisotopic (exact) mass is 288 g/mol. The van der Waals surface area contributed by atoms with Gasteiger partial charge in [0.1, 0.15) is 17.2 Å². The summed E-state index contributed by atoms with van der Waals surface area (Å²) in [5, 5.41) is 3.29. The Labute approximate surface area is 124 Å². The van der Waals surface area contributed by atoms with Crippen molar-refractivity contribution < 1.29 is 14.2 Å². The Morgan fingerprint density at radius 3 is 2.33 bits per heavy atom. The quantitative estimate of drug-likeness (QED) is 0.884. The molecule has 5 nitrogen and oxygen atoms in total. The first-order valence-corrected chi connectivity index (χ1v) is 6.62. The van der Waals surface area contributed by atoms with Crippen LogP contribution in [-0.4, -0.2) is 33.4 Å². The molecule has 0 spiro atoms. The lowest BCUT2D eigenvalue weighted by molar-refractivity contribution is 0.389. The van der Waals surface area contributed by atoms with Gasteiger partial charge in [-0.3, -0.25) is 4.98 Å². The molecule has 1 N–H and O–H groups in total. The van der Waals surface area contributed by atoms with Gasteiger partial charge in [-0.15, -0.1) is 0 Å². The van der Waals surface area contributed by atoms with E-state index in [0.717, 1.165) is 28.4 Å². The third-order valence-electron chi connectivity index (χ3n) is 3.38. The minimum atomic E-state index is -0.0898. The predicted molar refractivity (Wildman–Crippen MR) is 81.2 cm³/mol. The molecule has 1 atom stereocenters. The fraction of sp³-hybridized carbons (Fsp3) is 0.312. The zero-order chi connectivity index (χ0) is 15.2. The van der Waals surface area contributed by atoms with Crippen molar-refractivity contribution >= 4 is 0 Å². The van der Waals surface area contributed by atoms with Crippen molar-refractivity contribution in [2.75, 3.05) is 28.4 Å². The molecule has 1 unspecified atom stereocenters. The second-order valence-corrected chi connectivity index (χ2v) is 4.45. The lowest BCUT2D eigenvalue weighted by Crippen LogP contribution is -2.19. The van der Waals surface area contributed by atoms with Crippen LogP contribution in [0.2, 0.25) is 0 Å². The zero-order valence-corrected chi connectivity index (χ0v) is 12.7. The maximum atomic E-state index is 5.47.